The molecule has 1 atom stereocenters. The molecule has 0 spiro atoms. The van der Waals surface area contributed by atoms with Gasteiger partial charge in [0.05, 0.1) is 12.3 Å². The Morgan fingerprint density at radius 3 is 2.44 bits per heavy atom. The zero-order chi connectivity index (χ0) is 29.6. The van der Waals surface area contributed by atoms with Gasteiger partial charge in [-0.3, -0.25) is 4.79 Å². The average Bonchev–Trinajstić information content (AvgIpc) is 2.94. The Morgan fingerprint density at radius 2 is 1.76 bits per heavy atom. The Hall–Kier alpha value is -4.31. The fourth-order valence-electron chi connectivity index (χ4n) is 4.01. The quantitative estimate of drug-likeness (QED) is 0.208. The standard InChI is InChI=1S/C31H32FN3O5S.2H2/c1-5-28(22-11-7-6-8-12-22)40-31-26(30(36)35-41(37,38)29-13-9-10-21(4)33-29)14-15-27(34-31)23-16-24(32)18-25(17-23)39-19-20(2)3;;/h6-18,20,28H,5,19H2,1-4H3,(H,35,36);2*1H. The summed E-state index contributed by atoms with van der Waals surface area (Å²) in [5.74, 6) is -0.970. The first-order valence-corrected chi connectivity index (χ1v) is 14.7. The number of rotatable bonds is 11. The molecule has 2 heterocycles. The average molecular weight is 582 g/mol. The van der Waals surface area contributed by atoms with E-state index >= 15 is 0 Å². The highest BCUT2D eigenvalue weighted by Crippen LogP contribution is 2.31. The molecule has 41 heavy (non-hydrogen) atoms. The summed E-state index contributed by atoms with van der Waals surface area (Å²) in [5.41, 5.74) is 1.95. The summed E-state index contributed by atoms with van der Waals surface area (Å²) in [6.07, 6.45) is 0.0494. The smallest absolute Gasteiger partial charge is 0.281 e. The maximum absolute atomic E-state index is 14.5. The second-order valence-corrected chi connectivity index (χ2v) is 11.5. The van der Waals surface area contributed by atoms with Crippen molar-refractivity contribution < 1.29 is 29.9 Å². The molecule has 218 valence electrons. The van der Waals surface area contributed by atoms with Crippen LogP contribution in [0.5, 0.6) is 11.6 Å². The van der Waals surface area contributed by atoms with Gasteiger partial charge < -0.3 is 9.47 Å². The van der Waals surface area contributed by atoms with E-state index in [4.69, 9.17) is 9.47 Å². The van der Waals surface area contributed by atoms with Crippen molar-refractivity contribution in [2.24, 2.45) is 5.92 Å². The Bertz CT molecular complexity index is 1640. The Balaban J connectivity index is 0.00000323. The number of nitrogens with zero attached hydrogens (tertiary/aromatic N) is 2. The Labute approximate surface area is 242 Å². The number of hydrogen-bond donors (Lipinski definition) is 1. The van der Waals surface area contributed by atoms with Crippen molar-refractivity contribution in [3.63, 3.8) is 0 Å². The van der Waals surface area contributed by atoms with E-state index in [0.717, 1.165) is 5.56 Å². The van der Waals surface area contributed by atoms with Crippen molar-refractivity contribution in [1.82, 2.24) is 14.7 Å². The summed E-state index contributed by atoms with van der Waals surface area (Å²) >= 11 is 0. The van der Waals surface area contributed by atoms with E-state index in [1.807, 2.05) is 51.1 Å². The largest absolute Gasteiger partial charge is 0.493 e. The number of aromatic nitrogens is 2. The van der Waals surface area contributed by atoms with Crippen LogP contribution in [0.4, 0.5) is 4.39 Å². The fraction of sp³-hybridized carbons (Fsp3) is 0.258. The number of ether oxygens (including phenoxy) is 2. The van der Waals surface area contributed by atoms with Crippen molar-refractivity contribution in [3.05, 3.63) is 102 Å². The van der Waals surface area contributed by atoms with Crippen molar-refractivity contribution in [3.8, 4) is 22.9 Å². The molecule has 8 nitrogen and oxygen atoms in total. The summed E-state index contributed by atoms with van der Waals surface area (Å²) in [7, 11) is -4.28. The molecule has 1 N–H and O–H groups in total. The minimum atomic E-state index is -4.28. The first-order valence-electron chi connectivity index (χ1n) is 13.2. The van der Waals surface area contributed by atoms with Crippen LogP contribution in [-0.2, 0) is 10.0 Å². The maximum Gasteiger partial charge on any atom is 0.281 e. The summed E-state index contributed by atoms with van der Waals surface area (Å²) in [6, 6.07) is 21.0. The molecule has 0 radical (unpaired) electrons. The summed E-state index contributed by atoms with van der Waals surface area (Å²) < 4.78 is 54.4. The first kappa shape index (κ1) is 29.7. The van der Waals surface area contributed by atoms with Gasteiger partial charge in [-0.2, -0.15) is 8.42 Å². The third-order valence-electron chi connectivity index (χ3n) is 6.02. The lowest BCUT2D eigenvalue weighted by Gasteiger charge is -2.20. The van der Waals surface area contributed by atoms with E-state index in [9.17, 15) is 17.6 Å². The van der Waals surface area contributed by atoms with Gasteiger partial charge in [0, 0.05) is 20.2 Å². The van der Waals surface area contributed by atoms with Crippen molar-refractivity contribution >= 4 is 15.9 Å². The first-order chi connectivity index (χ1) is 19.6. The lowest BCUT2D eigenvalue weighted by Crippen LogP contribution is -2.32. The number of carbonyl (C=O) groups is 1. The predicted molar refractivity (Wildman–Crippen MR) is 158 cm³/mol. The lowest BCUT2D eigenvalue weighted by atomic mass is 10.1. The van der Waals surface area contributed by atoms with Gasteiger partial charge in [-0.05, 0) is 61.2 Å². The molecular formula is C31H36FN3O5S. The summed E-state index contributed by atoms with van der Waals surface area (Å²) in [6.45, 7) is 7.95. The van der Waals surface area contributed by atoms with Crippen LogP contribution in [0.15, 0.2) is 83.9 Å². The fourth-order valence-corrected chi connectivity index (χ4v) is 4.99. The SMILES string of the molecule is CCC(Oc1nc(-c2cc(F)cc(OCC(C)C)c2)ccc1C(=O)NS(=O)(=O)c1cccc(C)n1)c1ccccc1.[HH].[HH]. The van der Waals surface area contributed by atoms with Gasteiger partial charge in [0.2, 0.25) is 5.88 Å². The minimum Gasteiger partial charge on any atom is -0.493 e. The van der Waals surface area contributed by atoms with E-state index in [-0.39, 0.29) is 25.2 Å². The number of amides is 1. The molecular weight excluding hydrogens is 545 g/mol. The highest BCUT2D eigenvalue weighted by molar-refractivity contribution is 7.90. The maximum atomic E-state index is 14.5. The molecule has 0 saturated heterocycles. The second kappa shape index (κ2) is 12.9. The molecule has 10 heteroatoms. The van der Waals surface area contributed by atoms with Crippen LogP contribution in [0, 0.1) is 18.7 Å². The van der Waals surface area contributed by atoms with Crippen LogP contribution in [0.25, 0.3) is 11.3 Å². The molecule has 0 fully saturated rings. The van der Waals surface area contributed by atoms with Gasteiger partial charge in [0.1, 0.15) is 23.2 Å². The summed E-state index contributed by atoms with van der Waals surface area (Å²) in [5, 5.41) is -0.290. The monoisotopic (exact) mass is 581 g/mol. The Morgan fingerprint density at radius 1 is 1.00 bits per heavy atom. The third-order valence-corrected chi connectivity index (χ3v) is 7.25. The molecule has 0 aliphatic carbocycles. The molecule has 1 unspecified atom stereocenters. The predicted octanol–water partition coefficient (Wildman–Crippen LogP) is 6.77. The van der Waals surface area contributed by atoms with Crippen LogP contribution in [0.3, 0.4) is 0 Å². The molecule has 0 aliphatic heterocycles. The summed E-state index contributed by atoms with van der Waals surface area (Å²) in [4.78, 5) is 21.9. The van der Waals surface area contributed by atoms with E-state index < -0.39 is 27.9 Å². The number of carbonyl (C=O) groups excluding carboxylic acids is 1. The molecule has 2 aromatic carbocycles. The molecule has 4 aromatic rings. The van der Waals surface area contributed by atoms with E-state index in [2.05, 4.69) is 14.7 Å². The van der Waals surface area contributed by atoms with Crippen molar-refractivity contribution in [1.29, 1.82) is 0 Å². The van der Waals surface area contributed by atoms with E-state index in [1.165, 1.54) is 36.4 Å². The molecule has 2 aromatic heterocycles. The van der Waals surface area contributed by atoms with Gasteiger partial charge in [-0.25, -0.2) is 19.1 Å². The van der Waals surface area contributed by atoms with Gasteiger partial charge >= 0.3 is 0 Å². The van der Waals surface area contributed by atoms with Gasteiger partial charge in [0.15, 0.2) is 5.03 Å². The highest BCUT2D eigenvalue weighted by Gasteiger charge is 2.25. The van der Waals surface area contributed by atoms with Crippen LogP contribution in [0.2, 0.25) is 0 Å². The molecule has 1 amide bonds. The van der Waals surface area contributed by atoms with Gasteiger partial charge in [0.25, 0.3) is 15.9 Å². The van der Waals surface area contributed by atoms with Gasteiger partial charge in [-0.15, -0.1) is 0 Å². The van der Waals surface area contributed by atoms with Crippen molar-refractivity contribution in [2.45, 2.75) is 45.2 Å². The number of hydrogen-bond acceptors (Lipinski definition) is 7. The topological polar surface area (TPSA) is 107 Å². The second-order valence-electron chi connectivity index (χ2n) is 9.91. The zero-order valence-electron chi connectivity index (χ0n) is 23.3. The number of sulfonamides is 1. The number of halogens is 1. The normalized spacial score (nSPS) is 12.1. The number of nitrogens with one attached hydrogen (secondary N) is 1. The van der Waals surface area contributed by atoms with E-state index in [0.29, 0.717) is 35.7 Å². The number of benzene rings is 2. The third kappa shape index (κ3) is 7.67. The van der Waals surface area contributed by atoms with Crippen molar-refractivity contribution in [2.75, 3.05) is 6.61 Å². The van der Waals surface area contributed by atoms with Crippen LogP contribution in [-0.4, -0.2) is 30.9 Å². The molecule has 0 saturated carbocycles. The highest BCUT2D eigenvalue weighted by atomic mass is 32.2. The number of pyridine rings is 2. The minimum absolute atomic E-state index is 0. The van der Waals surface area contributed by atoms with Crippen LogP contribution >= 0.6 is 0 Å². The number of aryl methyl sites for hydroxylation is 1. The van der Waals surface area contributed by atoms with Gasteiger partial charge in [-0.1, -0.05) is 57.2 Å². The lowest BCUT2D eigenvalue weighted by molar-refractivity contribution is 0.0971. The molecule has 0 bridgehead atoms. The zero-order valence-corrected chi connectivity index (χ0v) is 24.1. The molecule has 4 rings (SSSR count). The molecule has 0 aliphatic rings. The van der Waals surface area contributed by atoms with Crippen LogP contribution < -0.4 is 14.2 Å². The Kier molecular flexibility index (Phi) is 9.34. The van der Waals surface area contributed by atoms with E-state index in [1.54, 1.807) is 19.1 Å². The van der Waals surface area contributed by atoms with Crippen LogP contribution in [0.1, 0.15) is 57.8 Å².